The van der Waals surface area contributed by atoms with Crippen LogP contribution in [0.2, 0.25) is 0 Å². The highest BCUT2D eigenvalue weighted by atomic mass is 32.1. The molecular formula is C20H21N2O5S. The Morgan fingerprint density at radius 2 is 1.96 bits per heavy atom. The Kier molecular flexibility index (Phi) is 7.45. The maximum Gasteiger partial charge on any atom is 0.413 e. The number of nitrogens with zero attached hydrogens (tertiary/aromatic N) is 1. The van der Waals surface area contributed by atoms with Crippen molar-refractivity contribution in [1.29, 1.82) is 0 Å². The van der Waals surface area contributed by atoms with Crippen molar-refractivity contribution in [3.63, 3.8) is 0 Å². The lowest BCUT2D eigenvalue weighted by Crippen LogP contribution is -2.23. The van der Waals surface area contributed by atoms with Crippen molar-refractivity contribution >= 4 is 40.4 Å². The summed E-state index contributed by atoms with van der Waals surface area (Å²) in [6.45, 7) is 5.41. The Bertz CT molecular complexity index is 853. The Morgan fingerprint density at radius 3 is 2.61 bits per heavy atom. The summed E-state index contributed by atoms with van der Waals surface area (Å²) in [5, 5.41) is 4.36. The summed E-state index contributed by atoms with van der Waals surface area (Å²) < 4.78 is 10.3. The summed E-state index contributed by atoms with van der Waals surface area (Å²) in [5.41, 5.74) is 0.684. The lowest BCUT2D eigenvalue weighted by atomic mass is 10.1. The van der Waals surface area contributed by atoms with Gasteiger partial charge in [-0.2, -0.15) is 0 Å². The summed E-state index contributed by atoms with van der Waals surface area (Å²) in [5.74, 6) is -0.460. The highest BCUT2D eigenvalue weighted by molar-refractivity contribution is 7.14. The van der Waals surface area contributed by atoms with Crippen LogP contribution in [0.25, 0.3) is 5.57 Å². The van der Waals surface area contributed by atoms with Gasteiger partial charge in [-0.15, -0.1) is 11.3 Å². The average Bonchev–Trinajstić information content (AvgIpc) is 3.08. The Hall–Kier alpha value is -3.00. The molecule has 1 radical (unpaired) electrons. The molecule has 1 heterocycles. The predicted octanol–water partition coefficient (Wildman–Crippen LogP) is 4.12. The fourth-order valence-corrected chi connectivity index (χ4v) is 2.76. The van der Waals surface area contributed by atoms with Crippen LogP contribution in [0.5, 0.6) is 0 Å². The van der Waals surface area contributed by atoms with E-state index in [2.05, 4.69) is 10.3 Å². The van der Waals surface area contributed by atoms with Gasteiger partial charge in [0, 0.05) is 11.0 Å². The van der Waals surface area contributed by atoms with Crippen LogP contribution in [0.3, 0.4) is 0 Å². The number of carbonyl (C=O) groups excluding carboxylic acids is 3. The molecule has 0 saturated carbocycles. The van der Waals surface area contributed by atoms with Gasteiger partial charge >= 0.3 is 12.1 Å². The highest BCUT2D eigenvalue weighted by Crippen LogP contribution is 2.21. The van der Waals surface area contributed by atoms with E-state index in [1.54, 1.807) is 32.4 Å². The predicted molar refractivity (Wildman–Crippen MR) is 106 cm³/mol. The number of amides is 1. The van der Waals surface area contributed by atoms with Crippen molar-refractivity contribution < 1.29 is 23.9 Å². The molecule has 1 amide bonds. The Morgan fingerprint density at radius 1 is 1.25 bits per heavy atom. The zero-order valence-corrected chi connectivity index (χ0v) is 16.7. The third kappa shape index (κ3) is 7.32. The standard InChI is InChI=1S/C20H21N2O5S/c1-20(2,3)27-17(24)10-9-15(11-23)16-13-28-18(21-16)22-19(25)26-12-14-7-5-4-6-8-14/h4-9,13H,10,12H2,1-3H3,(H,21,22,25)/b15-9-. The molecule has 0 aliphatic carbocycles. The number of allylic oxidation sites excluding steroid dienone is 1. The zero-order chi connectivity index (χ0) is 20.6. The fraction of sp³-hybridized carbons (Fsp3) is 0.300. The van der Waals surface area contributed by atoms with E-state index in [9.17, 15) is 14.4 Å². The number of hydrogen-bond acceptors (Lipinski definition) is 7. The summed E-state index contributed by atoms with van der Waals surface area (Å²) in [4.78, 5) is 39.0. The van der Waals surface area contributed by atoms with Crippen molar-refractivity contribution in [3.05, 3.63) is 53.0 Å². The van der Waals surface area contributed by atoms with Gasteiger partial charge in [-0.05, 0) is 26.3 Å². The molecule has 1 N–H and O–H groups in total. The smallest absolute Gasteiger partial charge is 0.413 e. The van der Waals surface area contributed by atoms with Crippen LogP contribution in [0, 0.1) is 0 Å². The molecule has 0 spiro atoms. The number of benzene rings is 1. The third-order valence-corrected chi connectivity index (χ3v) is 3.96. The number of ether oxygens (including phenoxy) is 2. The third-order valence-electron chi connectivity index (χ3n) is 3.20. The minimum Gasteiger partial charge on any atom is -0.460 e. The quantitative estimate of drug-likeness (QED) is 0.554. The molecule has 1 aromatic carbocycles. The maximum atomic E-state index is 11.9. The molecule has 0 bridgehead atoms. The first kappa shape index (κ1) is 21.3. The van der Waals surface area contributed by atoms with Crippen LogP contribution >= 0.6 is 11.3 Å². The average molecular weight is 401 g/mol. The van der Waals surface area contributed by atoms with E-state index in [-0.39, 0.29) is 23.7 Å². The van der Waals surface area contributed by atoms with Gasteiger partial charge in [-0.1, -0.05) is 36.4 Å². The number of nitrogens with one attached hydrogen (secondary N) is 1. The van der Waals surface area contributed by atoms with Gasteiger partial charge in [0.05, 0.1) is 12.1 Å². The van der Waals surface area contributed by atoms with E-state index in [0.717, 1.165) is 16.9 Å². The van der Waals surface area contributed by atoms with Crippen LogP contribution in [0.15, 0.2) is 41.8 Å². The monoisotopic (exact) mass is 401 g/mol. The topological polar surface area (TPSA) is 94.6 Å². The van der Waals surface area contributed by atoms with Crippen molar-refractivity contribution in [2.24, 2.45) is 0 Å². The minimum absolute atomic E-state index is 0.0821. The maximum absolute atomic E-state index is 11.9. The number of rotatable bonds is 7. The number of hydrogen-bond donors (Lipinski definition) is 1. The van der Waals surface area contributed by atoms with Gasteiger partial charge in [-0.3, -0.25) is 14.9 Å². The molecule has 8 heteroatoms. The molecule has 1 aromatic heterocycles. The van der Waals surface area contributed by atoms with E-state index >= 15 is 0 Å². The van der Waals surface area contributed by atoms with Gasteiger partial charge in [0.25, 0.3) is 0 Å². The molecular weight excluding hydrogens is 380 g/mol. The van der Waals surface area contributed by atoms with Crippen molar-refractivity contribution in [2.45, 2.75) is 39.4 Å². The molecule has 0 saturated heterocycles. The largest absolute Gasteiger partial charge is 0.460 e. The first-order chi connectivity index (χ1) is 13.3. The molecule has 0 fully saturated rings. The van der Waals surface area contributed by atoms with E-state index in [0.29, 0.717) is 5.69 Å². The van der Waals surface area contributed by atoms with Gasteiger partial charge in [0.1, 0.15) is 12.2 Å². The zero-order valence-electron chi connectivity index (χ0n) is 15.9. The molecule has 0 aliphatic heterocycles. The molecule has 28 heavy (non-hydrogen) atoms. The van der Waals surface area contributed by atoms with Crippen LogP contribution in [0.1, 0.15) is 38.4 Å². The number of esters is 1. The summed E-state index contributed by atoms with van der Waals surface area (Å²) in [7, 11) is 0. The second kappa shape index (κ2) is 9.80. The number of anilines is 1. The normalized spacial score (nSPS) is 11.6. The van der Waals surface area contributed by atoms with Crippen LogP contribution in [-0.2, 0) is 25.7 Å². The van der Waals surface area contributed by atoms with E-state index in [1.807, 2.05) is 30.3 Å². The van der Waals surface area contributed by atoms with E-state index in [1.165, 1.54) is 6.08 Å². The van der Waals surface area contributed by atoms with Crippen molar-refractivity contribution in [2.75, 3.05) is 5.32 Å². The summed E-state index contributed by atoms with van der Waals surface area (Å²) in [6.07, 6.45) is 2.41. The van der Waals surface area contributed by atoms with Gasteiger partial charge in [0.2, 0.25) is 6.29 Å². The molecule has 2 aromatic rings. The number of thiazole rings is 1. The van der Waals surface area contributed by atoms with Crippen LogP contribution in [0.4, 0.5) is 9.93 Å². The second-order valence-corrected chi connectivity index (χ2v) is 7.59. The lowest BCUT2D eigenvalue weighted by Gasteiger charge is -2.18. The van der Waals surface area contributed by atoms with Gasteiger partial charge in [0.15, 0.2) is 5.13 Å². The molecule has 0 unspecified atom stereocenters. The van der Waals surface area contributed by atoms with Crippen LogP contribution < -0.4 is 5.32 Å². The molecule has 2 rings (SSSR count). The molecule has 147 valence electrons. The summed E-state index contributed by atoms with van der Waals surface area (Å²) >= 11 is 1.13. The molecule has 0 atom stereocenters. The van der Waals surface area contributed by atoms with Crippen molar-refractivity contribution in [3.8, 4) is 0 Å². The molecule has 7 nitrogen and oxygen atoms in total. The van der Waals surface area contributed by atoms with Gasteiger partial charge in [-0.25, -0.2) is 9.78 Å². The minimum atomic E-state index is -0.654. The second-order valence-electron chi connectivity index (χ2n) is 6.74. The Balaban J connectivity index is 1.91. The fourth-order valence-electron chi connectivity index (χ4n) is 2.07. The van der Waals surface area contributed by atoms with Gasteiger partial charge < -0.3 is 9.47 Å². The van der Waals surface area contributed by atoms with Crippen molar-refractivity contribution in [1.82, 2.24) is 4.98 Å². The first-order valence-corrected chi connectivity index (χ1v) is 9.38. The highest BCUT2D eigenvalue weighted by Gasteiger charge is 2.16. The lowest BCUT2D eigenvalue weighted by molar-refractivity contribution is -0.153. The number of aromatic nitrogens is 1. The SMILES string of the molecule is CC(C)(C)OC(=O)C/C=C(/[C]=O)c1csc(NC(=O)OCc2ccccc2)n1. The Labute approximate surface area is 167 Å². The number of carbonyl (C=O) groups is 2. The van der Waals surface area contributed by atoms with E-state index < -0.39 is 17.7 Å². The summed E-state index contributed by atoms with van der Waals surface area (Å²) in [6, 6.07) is 9.26. The van der Waals surface area contributed by atoms with E-state index in [4.69, 9.17) is 9.47 Å². The first-order valence-electron chi connectivity index (χ1n) is 8.50. The van der Waals surface area contributed by atoms with Crippen LogP contribution in [-0.4, -0.2) is 28.9 Å². The molecule has 0 aliphatic rings.